The lowest BCUT2D eigenvalue weighted by atomic mass is 10.1. The second-order valence-electron chi connectivity index (χ2n) is 5.95. The summed E-state index contributed by atoms with van der Waals surface area (Å²) >= 11 is 0. The zero-order valence-electron chi connectivity index (χ0n) is 15.1. The quantitative estimate of drug-likeness (QED) is 0.150. The van der Waals surface area contributed by atoms with Crippen LogP contribution in [0, 0.1) is 0 Å². The van der Waals surface area contributed by atoms with Crippen molar-refractivity contribution >= 4 is 29.4 Å². The molecule has 8 N–H and O–H groups in total. The molecule has 0 bridgehead atoms. The Morgan fingerprint density at radius 1 is 1.06 bits per heavy atom. The number of aromatic nitrogens is 2. The minimum absolute atomic E-state index is 0.406. The first-order valence-corrected chi connectivity index (χ1v) is 12.3. The Bertz CT molecular complexity index is 1140. The normalized spacial score (nSPS) is 27.6. The Morgan fingerprint density at radius 3 is 2.19 bits per heavy atom. The lowest BCUT2D eigenvalue weighted by molar-refractivity contribution is -0.0543. The molecule has 1 saturated heterocycles. The number of carboxylic acids is 1. The first-order chi connectivity index (χ1) is 14.4. The number of aromatic amines is 1. The number of hydrogen-bond acceptors (Lipinski definition) is 12. The van der Waals surface area contributed by atoms with Crippen molar-refractivity contribution < 1.29 is 71.3 Å². The van der Waals surface area contributed by atoms with Gasteiger partial charge in [-0.3, -0.25) is 18.9 Å². The number of rotatable bonds is 9. The van der Waals surface area contributed by atoms with E-state index in [0.29, 0.717) is 10.8 Å². The van der Waals surface area contributed by atoms with Crippen LogP contribution in [0.5, 0.6) is 0 Å². The maximum Gasteiger partial charge on any atom is 0.490 e. The molecule has 19 nitrogen and oxygen atoms in total. The van der Waals surface area contributed by atoms with Crippen LogP contribution in [0.1, 0.15) is 16.6 Å². The molecule has 0 radical (unpaired) electrons. The lowest BCUT2D eigenvalue weighted by Crippen LogP contribution is -2.39. The molecule has 2 unspecified atom stereocenters. The van der Waals surface area contributed by atoms with Crippen LogP contribution >= 0.6 is 23.5 Å². The van der Waals surface area contributed by atoms with E-state index in [2.05, 4.69) is 13.1 Å². The number of hydrogen-bond donors (Lipinski definition) is 8. The zero-order valence-corrected chi connectivity index (χ0v) is 17.8. The second-order valence-corrected chi connectivity index (χ2v) is 10.4. The molecule has 0 aromatic carbocycles. The van der Waals surface area contributed by atoms with Gasteiger partial charge in [-0.15, -0.1) is 0 Å². The Labute approximate surface area is 174 Å². The molecule has 22 heteroatoms. The molecule has 1 aliphatic heterocycles. The van der Waals surface area contributed by atoms with Crippen LogP contribution in [0.15, 0.2) is 15.8 Å². The number of phosphoric ester groups is 1. The summed E-state index contributed by atoms with van der Waals surface area (Å²) in [6, 6.07) is 0. The minimum Gasteiger partial charge on any atom is -0.477 e. The molecular formula is C10H15N2O17P3. The van der Waals surface area contributed by atoms with Crippen molar-refractivity contribution in [2.24, 2.45) is 0 Å². The van der Waals surface area contributed by atoms with Crippen molar-refractivity contribution in [2.45, 2.75) is 24.5 Å². The first kappa shape index (κ1) is 26.7. The topological polar surface area (TPSA) is 302 Å². The van der Waals surface area contributed by atoms with Crippen LogP contribution in [0.2, 0.25) is 0 Å². The van der Waals surface area contributed by atoms with E-state index < -0.39 is 77.4 Å². The summed E-state index contributed by atoms with van der Waals surface area (Å²) < 4.78 is 50.3. The van der Waals surface area contributed by atoms with Crippen molar-refractivity contribution in [3.05, 3.63) is 32.6 Å². The summed E-state index contributed by atoms with van der Waals surface area (Å²) in [4.78, 5) is 71.4. The van der Waals surface area contributed by atoms with Gasteiger partial charge in [0.2, 0.25) is 0 Å². The molecule has 1 aliphatic rings. The molecule has 0 saturated carbocycles. The molecule has 2 rings (SSSR count). The van der Waals surface area contributed by atoms with Gasteiger partial charge in [0.15, 0.2) is 6.23 Å². The van der Waals surface area contributed by atoms with Gasteiger partial charge >= 0.3 is 35.1 Å². The predicted octanol–water partition coefficient (Wildman–Crippen LogP) is -2.80. The smallest absolute Gasteiger partial charge is 0.477 e. The molecule has 0 amide bonds. The van der Waals surface area contributed by atoms with E-state index in [-0.39, 0.29) is 0 Å². The number of aliphatic hydroxyl groups excluding tert-OH is 2. The predicted molar refractivity (Wildman–Crippen MR) is 94.0 cm³/mol. The van der Waals surface area contributed by atoms with Crippen LogP contribution in [0.3, 0.4) is 0 Å². The summed E-state index contributed by atoms with van der Waals surface area (Å²) in [6.45, 7) is -1.16. The van der Waals surface area contributed by atoms with E-state index in [9.17, 15) is 43.2 Å². The third-order valence-corrected chi connectivity index (χ3v) is 7.43. The van der Waals surface area contributed by atoms with Crippen LogP contribution < -0.4 is 11.2 Å². The number of nitrogens with zero attached hydrogens (tertiary/aromatic N) is 1. The van der Waals surface area contributed by atoms with E-state index in [1.54, 1.807) is 4.98 Å². The second kappa shape index (κ2) is 9.36. The van der Waals surface area contributed by atoms with E-state index in [4.69, 9.17) is 24.5 Å². The monoisotopic (exact) mass is 528 g/mol. The summed E-state index contributed by atoms with van der Waals surface area (Å²) in [5.41, 5.74) is -3.44. The van der Waals surface area contributed by atoms with Gasteiger partial charge in [0, 0.05) is 6.20 Å². The molecule has 2 heterocycles. The average molecular weight is 528 g/mol. The van der Waals surface area contributed by atoms with E-state index in [0.717, 1.165) is 0 Å². The van der Waals surface area contributed by atoms with Crippen LogP contribution in [-0.4, -0.2) is 75.3 Å². The van der Waals surface area contributed by atoms with E-state index in [1.807, 2.05) is 0 Å². The Morgan fingerprint density at radius 2 is 1.66 bits per heavy atom. The molecule has 32 heavy (non-hydrogen) atoms. The number of ether oxygens (including phenoxy) is 1. The summed E-state index contributed by atoms with van der Waals surface area (Å²) in [5, 5.41) is 29.0. The van der Waals surface area contributed by atoms with Gasteiger partial charge < -0.3 is 39.6 Å². The molecule has 0 aliphatic carbocycles. The standard InChI is InChI=1S/C10H15N2O17P3/c13-5-4(2-26-31(22,23)29-32(24,25)28-30(19,20)21)27-8(6(5)14)12-1-3(9(16)17)7(15)11-10(12)18/h1,4-6,8,13-14H,2H2,(H,16,17)(H,22,23)(H,24,25)(H,11,15,18)(H2,19,20,21)/t4-,5-,6-,8-/m1/s1. The van der Waals surface area contributed by atoms with Crippen molar-refractivity contribution in [1.82, 2.24) is 9.55 Å². The number of aromatic carboxylic acids is 1. The highest BCUT2D eigenvalue weighted by molar-refractivity contribution is 7.66. The number of carbonyl (C=O) groups is 1. The first-order valence-electron chi connectivity index (χ1n) is 7.81. The van der Waals surface area contributed by atoms with Crippen molar-refractivity contribution in [3.63, 3.8) is 0 Å². The SMILES string of the molecule is O=C(O)c1cn([C@@H]2O[C@H](COP(=O)(O)OP(=O)(O)OP(=O)(O)O)[C@@H](O)[C@H]2O)c(=O)[nH]c1=O. The maximum absolute atomic E-state index is 11.9. The van der Waals surface area contributed by atoms with Crippen LogP contribution in [-0.2, 0) is 31.6 Å². The van der Waals surface area contributed by atoms with Crippen LogP contribution in [0.25, 0.3) is 0 Å². The third-order valence-electron chi connectivity index (χ3n) is 3.63. The zero-order chi connectivity index (χ0) is 24.6. The molecule has 6 atom stereocenters. The Balaban J connectivity index is 2.15. The van der Waals surface area contributed by atoms with E-state index >= 15 is 0 Å². The lowest BCUT2D eigenvalue weighted by Gasteiger charge is -2.19. The van der Waals surface area contributed by atoms with Crippen LogP contribution in [0.4, 0.5) is 0 Å². The van der Waals surface area contributed by atoms with Gasteiger partial charge in [-0.05, 0) is 0 Å². The van der Waals surface area contributed by atoms with Gasteiger partial charge in [-0.25, -0.2) is 23.3 Å². The van der Waals surface area contributed by atoms with Crippen molar-refractivity contribution in [2.75, 3.05) is 6.61 Å². The number of carboxylic acid groups (broad SMARTS) is 1. The highest BCUT2D eigenvalue weighted by Crippen LogP contribution is 2.66. The molecule has 1 fully saturated rings. The van der Waals surface area contributed by atoms with Crippen molar-refractivity contribution in [3.8, 4) is 0 Å². The number of aliphatic hydroxyl groups is 2. The fraction of sp³-hybridized carbons (Fsp3) is 0.500. The Hall–Kier alpha value is -1.56. The average Bonchev–Trinajstić information content (AvgIpc) is 2.85. The minimum atomic E-state index is -5.80. The molecule has 1 aromatic rings. The summed E-state index contributed by atoms with van der Waals surface area (Å²) in [5.74, 6) is -1.74. The molecule has 0 spiro atoms. The van der Waals surface area contributed by atoms with Gasteiger partial charge in [-0.1, -0.05) is 0 Å². The molecule has 182 valence electrons. The number of phosphoric acid groups is 3. The largest absolute Gasteiger partial charge is 0.490 e. The van der Waals surface area contributed by atoms with Gasteiger partial charge in [-0.2, -0.15) is 8.62 Å². The Kier molecular flexibility index (Phi) is 7.81. The summed E-state index contributed by atoms with van der Waals surface area (Å²) in [7, 11) is -17.0. The highest BCUT2D eigenvalue weighted by atomic mass is 31.3. The molecule has 1 aromatic heterocycles. The van der Waals surface area contributed by atoms with Gasteiger partial charge in [0.1, 0.15) is 23.9 Å². The molecular weight excluding hydrogens is 513 g/mol. The summed E-state index contributed by atoms with van der Waals surface area (Å²) in [6.07, 6.45) is -6.95. The highest BCUT2D eigenvalue weighted by Gasteiger charge is 2.47. The maximum atomic E-state index is 11.9. The number of nitrogens with one attached hydrogen (secondary N) is 1. The van der Waals surface area contributed by atoms with Gasteiger partial charge in [0.05, 0.1) is 6.61 Å². The van der Waals surface area contributed by atoms with Gasteiger partial charge in [0.25, 0.3) is 5.56 Å². The van der Waals surface area contributed by atoms with E-state index in [1.165, 1.54) is 0 Å². The van der Waals surface area contributed by atoms with Crippen molar-refractivity contribution in [1.29, 1.82) is 0 Å². The fourth-order valence-electron chi connectivity index (χ4n) is 2.39. The number of H-pyrrole nitrogens is 1. The third kappa shape index (κ3) is 6.72. The fourth-order valence-corrected chi connectivity index (χ4v) is 5.42.